The first kappa shape index (κ1) is 21.6. The zero-order chi connectivity index (χ0) is 23.3. The van der Waals surface area contributed by atoms with Gasteiger partial charge in [0.05, 0.1) is 63.5 Å². The number of nitrogens with zero attached hydrogens (tertiary/aromatic N) is 5. The van der Waals surface area contributed by atoms with Crippen LogP contribution in [0.2, 0.25) is 0 Å². The predicted octanol–water partition coefficient (Wildman–Crippen LogP) is 2.48. The third kappa shape index (κ3) is 3.84. The van der Waals surface area contributed by atoms with Gasteiger partial charge in [0.1, 0.15) is 11.2 Å². The molecule has 1 aromatic carbocycles. The molecule has 2 bridgehead atoms. The second-order valence-corrected chi connectivity index (χ2v) is 10.4. The molecule has 34 heavy (non-hydrogen) atoms. The van der Waals surface area contributed by atoms with Gasteiger partial charge in [0.25, 0.3) is 5.56 Å². The molecule has 3 aromatic rings. The molecule has 0 spiro atoms. The summed E-state index contributed by atoms with van der Waals surface area (Å²) in [6.45, 7) is 6.93. The molecule has 1 N–H and O–H groups in total. The summed E-state index contributed by atoms with van der Waals surface area (Å²) in [6, 6.07) is 10.8. The van der Waals surface area contributed by atoms with Crippen LogP contribution in [-0.4, -0.2) is 78.0 Å². The van der Waals surface area contributed by atoms with Gasteiger partial charge in [0, 0.05) is 44.2 Å². The molecule has 0 aliphatic carbocycles. The van der Waals surface area contributed by atoms with E-state index < -0.39 is 0 Å². The van der Waals surface area contributed by atoms with E-state index >= 15 is 0 Å². The molecule has 0 radical (unpaired) electrons. The van der Waals surface area contributed by atoms with E-state index in [-0.39, 0.29) is 5.56 Å². The maximum Gasteiger partial charge on any atom is 0.264 e. The Morgan fingerprint density at radius 1 is 1.12 bits per heavy atom. The van der Waals surface area contributed by atoms with Crippen molar-refractivity contribution in [1.29, 1.82) is 0 Å². The Hall–Kier alpha value is -2.97. The molecule has 7 rings (SSSR count). The first-order valence-corrected chi connectivity index (χ1v) is 12.4. The highest BCUT2D eigenvalue weighted by molar-refractivity contribution is 5.91. The number of likely N-dealkylation sites (N-methyl/N-ethyl adjacent to an activating group) is 1. The molecule has 4 aliphatic heterocycles. The van der Waals surface area contributed by atoms with Gasteiger partial charge < -0.3 is 24.0 Å². The SMILES string of the molecule is Cn1cnc2cc(-c3ccc(N4CCOCC4)cc3)nc(NC3C[N+]4(C)CCC3CC4)c2c1=O. The Balaban J connectivity index is 1.38. The molecule has 0 amide bonds. The highest BCUT2D eigenvalue weighted by atomic mass is 16.5. The minimum Gasteiger partial charge on any atom is -0.378 e. The summed E-state index contributed by atoms with van der Waals surface area (Å²) in [4.78, 5) is 25.0. The Morgan fingerprint density at radius 3 is 2.56 bits per heavy atom. The zero-order valence-corrected chi connectivity index (χ0v) is 20.0. The van der Waals surface area contributed by atoms with Crippen molar-refractivity contribution in [3.05, 3.63) is 47.0 Å². The van der Waals surface area contributed by atoms with Crippen LogP contribution in [0, 0.1) is 5.92 Å². The van der Waals surface area contributed by atoms with Gasteiger partial charge in [-0.2, -0.15) is 0 Å². The fraction of sp³-hybridized carbons (Fsp3) is 0.500. The molecule has 1 unspecified atom stereocenters. The number of nitrogens with one attached hydrogen (secondary N) is 1. The van der Waals surface area contributed by atoms with Gasteiger partial charge in [-0.1, -0.05) is 12.1 Å². The third-order valence-corrected chi connectivity index (χ3v) is 8.05. The highest BCUT2D eigenvalue weighted by Crippen LogP contribution is 2.35. The number of hydrogen-bond donors (Lipinski definition) is 1. The Labute approximate surface area is 199 Å². The van der Waals surface area contributed by atoms with Crippen LogP contribution in [0.25, 0.3) is 22.2 Å². The Kier molecular flexibility index (Phi) is 5.30. The van der Waals surface area contributed by atoms with Gasteiger partial charge in [0.2, 0.25) is 0 Å². The van der Waals surface area contributed by atoms with Crippen molar-refractivity contribution >= 4 is 22.4 Å². The zero-order valence-electron chi connectivity index (χ0n) is 20.0. The number of rotatable bonds is 4. The monoisotopic (exact) mass is 461 g/mol. The van der Waals surface area contributed by atoms with Crippen LogP contribution in [0.4, 0.5) is 11.5 Å². The maximum absolute atomic E-state index is 13.1. The van der Waals surface area contributed by atoms with Crippen LogP contribution in [0.1, 0.15) is 12.8 Å². The van der Waals surface area contributed by atoms with Crippen LogP contribution in [0.3, 0.4) is 0 Å². The Bertz CT molecular complexity index is 1260. The molecule has 4 aliphatic rings. The minimum atomic E-state index is -0.0594. The smallest absolute Gasteiger partial charge is 0.264 e. The van der Waals surface area contributed by atoms with Gasteiger partial charge >= 0.3 is 0 Å². The van der Waals surface area contributed by atoms with Crippen molar-refractivity contribution in [2.45, 2.75) is 18.9 Å². The molecule has 0 saturated carbocycles. The number of aromatic nitrogens is 3. The lowest BCUT2D eigenvalue weighted by Gasteiger charge is -2.50. The number of hydrogen-bond acceptors (Lipinski definition) is 6. The molecular formula is C26H33N6O2+. The molecule has 2 aromatic heterocycles. The topological polar surface area (TPSA) is 72.3 Å². The summed E-state index contributed by atoms with van der Waals surface area (Å²) in [6.07, 6.45) is 4.05. The van der Waals surface area contributed by atoms with Crippen molar-refractivity contribution in [3.63, 3.8) is 0 Å². The number of morpholine rings is 1. The van der Waals surface area contributed by atoms with E-state index in [0.717, 1.165) is 48.6 Å². The fourth-order valence-corrected chi connectivity index (χ4v) is 5.90. The van der Waals surface area contributed by atoms with Crippen LogP contribution in [-0.2, 0) is 11.8 Å². The molecule has 1 atom stereocenters. The van der Waals surface area contributed by atoms with Gasteiger partial charge in [-0.3, -0.25) is 4.79 Å². The maximum atomic E-state index is 13.1. The normalized spacial score (nSPS) is 26.7. The lowest BCUT2D eigenvalue weighted by atomic mass is 9.82. The van der Waals surface area contributed by atoms with E-state index in [2.05, 4.69) is 46.5 Å². The minimum absolute atomic E-state index is 0.0594. The summed E-state index contributed by atoms with van der Waals surface area (Å²) in [5.74, 6) is 1.30. The fourth-order valence-electron chi connectivity index (χ4n) is 5.90. The average molecular weight is 462 g/mol. The lowest BCUT2D eigenvalue weighted by molar-refractivity contribution is -0.925. The van der Waals surface area contributed by atoms with E-state index in [1.54, 1.807) is 13.4 Å². The number of fused-ring (bicyclic) bond motifs is 4. The molecule has 8 nitrogen and oxygen atoms in total. The van der Waals surface area contributed by atoms with E-state index in [4.69, 9.17) is 9.72 Å². The van der Waals surface area contributed by atoms with E-state index in [0.29, 0.717) is 28.7 Å². The number of pyridine rings is 1. The summed E-state index contributed by atoms with van der Waals surface area (Å²) in [5.41, 5.74) is 3.69. The number of piperidine rings is 3. The first-order chi connectivity index (χ1) is 16.5. The summed E-state index contributed by atoms with van der Waals surface area (Å²) in [7, 11) is 4.10. The van der Waals surface area contributed by atoms with Crippen LogP contribution in [0.15, 0.2) is 41.5 Å². The van der Waals surface area contributed by atoms with Crippen molar-refractivity contribution in [3.8, 4) is 11.3 Å². The van der Waals surface area contributed by atoms with E-state index in [1.807, 2.05) is 6.07 Å². The average Bonchev–Trinajstić information content (AvgIpc) is 2.87. The van der Waals surface area contributed by atoms with Gasteiger partial charge in [-0.15, -0.1) is 0 Å². The van der Waals surface area contributed by atoms with Crippen molar-refractivity contribution in [2.24, 2.45) is 13.0 Å². The Morgan fingerprint density at radius 2 is 1.85 bits per heavy atom. The van der Waals surface area contributed by atoms with Crippen molar-refractivity contribution in [2.75, 3.05) is 63.2 Å². The molecule has 4 saturated heterocycles. The summed E-state index contributed by atoms with van der Waals surface area (Å²) in [5, 5.41) is 4.30. The van der Waals surface area contributed by atoms with Crippen molar-refractivity contribution in [1.82, 2.24) is 14.5 Å². The van der Waals surface area contributed by atoms with Crippen molar-refractivity contribution < 1.29 is 9.22 Å². The van der Waals surface area contributed by atoms with Crippen LogP contribution in [0.5, 0.6) is 0 Å². The molecule has 6 heterocycles. The predicted molar refractivity (Wildman–Crippen MR) is 134 cm³/mol. The molecule has 8 heteroatoms. The molecule has 178 valence electrons. The van der Waals surface area contributed by atoms with Crippen LogP contribution >= 0.6 is 0 Å². The van der Waals surface area contributed by atoms with Gasteiger partial charge in [-0.05, 0) is 24.1 Å². The number of anilines is 2. The van der Waals surface area contributed by atoms with Gasteiger partial charge in [0.15, 0.2) is 0 Å². The summed E-state index contributed by atoms with van der Waals surface area (Å²) < 4.78 is 8.12. The summed E-state index contributed by atoms with van der Waals surface area (Å²) >= 11 is 0. The quantitative estimate of drug-likeness (QED) is 0.602. The second-order valence-electron chi connectivity index (χ2n) is 10.4. The standard InChI is InChI=1S/C26H32N6O2/c1-30-17-27-22-15-21(18-3-5-20(6-4-18)31-9-13-34-14-10-31)28-25(24(22)26(30)33)29-23-16-32(2)11-7-19(23)8-12-32/h3-6,15,17,19,23H,7-14,16H2,1-2H3/p+1. The van der Waals surface area contributed by atoms with Gasteiger partial charge in [-0.25, -0.2) is 9.97 Å². The van der Waals surface area contributed by atoms with E-state index in [9.17, 15) is 4.79 Å². The number of aryl methyl sites for hydroxylation is 1. The molecular weight excluding hydrogens is 428 g/mol. The molecule has 4 fully saturated rings. The number of benzene rings is 1. The number of ether oxygens (including phenoxy) is 1. The lowest BCUT2D eigenvalue weighted by Crippen LogP contribution is -2.63. The second kappa shape index (κ2) is 8.36. The first-order valence-electron chi connectivity index (χ1n) is 12.4. The largest absolute Gasteiger partial charge is 0.378 e. The van der Waals surface area contributed by atoms with Crippen LogP contribution < -0.4 is 15.8 Å². The number of quaternary nitrogens is 1. The highest BCUT2D eigenvalue weighted by Gasteiger charge is 2.43. The third-order valence-electron chi connectivity index (χ3n) is 8.05. The van der Waals surface area contributed by atoms with E-state index in [1.165, 1.54) is 36.2 Å².